The molecule has 1 saturated carbocycles. The third-order valence-electron chi connectivity index (χ3n) is 5.74. The van der Waals surface area contributed by atoms with Crippen LogP contribution in [-0.2, 0) is 11.3 Å². The van der Waals surface area contributed by atoms with E-state index in [4.69, 9.17) is 5.73 Å². The van der Waals surface area contributed by atoms with Gasteiger partial charge in [0.05, 0.1) is 6.54 Å². The van der Waals surface area contributed by atoms with E-state index in [9.17, 15) is 14.4 Å². The number of amides is 1. The van der Waals surface area contributed by atoms with E-state index in [0.717, 1.165) is 25.7 Å². The molecule has 0 unspecified atom stereocenters. The fraction of sp³-hybridized carbons (Fsp3) is 0.762. The number of anilines is 2. The van der Waals surface area contributed by atoms with Gasteiger partial charge in [0.15, 0.2) is 5.69 Å². The van der Waals surface area contributed by atoms with Crippen molar-refractivity contribution in [1.82, 2.24) is 14.5 Å². The average molecular weight is 408 g/mol. The van der Waals surface area contributed by atoms with Crippen LogP contribution in [0.15, 0.2) is 9.59 Å². The lowest BCUT2D eigenvalue weighted by atomic mass is 10.1. The molecule has 1 fully saturated rings. The normalized spacial score (nSPS) is 14.8. The lowest BCUT2D eigenvalue weighted by Crippen LogP contribution is -2.49. The third kappa shape index (κ3) is 5.50. The SMILES string of the molecule is CCCCN(C(=O)CN(C(C)C)C1CCCC1)c1c(N)n(CCC)c(=O)[nH]c1=O. The summed E-state index contributed by atoms with van der Waals surface area (Å²) < 4.78 is 1.35. The second-order valence-electron chi connectivity index (χ2n) is 8.25. The molecule has 1 aliphatic rings. The van der Waals surface area contributed by atoms with Gasteiger partial charge in [-0.3, -0.25) is 24.0 Å². The highest BCUT2D eigenvalue weighted by molar-refractivity contribution is 5.96. The first kappa shape index (κ1) is 23.2. The molecule has 0 bridgehead atoms. The minimum absolute atomic E-state index is 0.0713. The molecule has 0 aromatic carbocycles. The van der Waals surface area contributed by atoms with Gasteiger partial charge in [0.2, 0.25) is 5.91 Å². The summed E-state index contributed by atoms with van der Waals surface area (Å²) in [5, 5.41) is 0. The van der Waals surface area contributed by atoms with Crippen LogP contribution in [0.4, 0.5) is 11.5 Å². The molecule has 8 heteroatoms. The predicted molar refractivity (Wildman–Crippen MR) is 117 cm³/mol. The molecular formula is C21H37N5O3. The van der Waals surface area contributed by atoms with E-state index < -0.39 is 11.2 Å². The maximum absolute atomic E-state index is 13.4. The molecule has 2 rings (SSSR count). The van der Waals surface area contributed by atoms with Gasteiger partial charge >= 0.3 is 5.69 Å². The van der Waals surface area contributed by atoms with Crippen molar-refractivity contribution in [3.8, 4) is 0 Å². The third-order valence-corrected chi connectivity index (χ3v) is 5.74. The number of nitrogens with two attached hydrogens (primary N) is 1. The number of unbranched alkanes of at least 4 members (excludes halogenated alkanes) is 1. The van der Waals surface area contributed by atoms with Crippen LogP contribution in [0.3, 0.4) is 0 Å². The van der Waals surface area contributed by atoms with Gasteiger partial charge in [-0.05, 0) is 39.5 Å². The number of nitrogens with one attached hydrogen (secondary N) is 1. The molecule has 29 heavy (non-hydrogen) atoms. The smallest absolute Gasteiger partial charge is 0.330 e. The molecule has 0 atom stereocenters. The number of rotatable bonds is 10. The predicted octanol–water partition coefficient (Wildman–Crippen LogP) is 2.31. The Balaban J connectivity index is 2.40. The largest absolute Gasteiger partial charge is 0.383 e. The van der Waals surface area contributed by atoms with Crippen LogP contribution in [-0.4, -0.2) is 45.5 Å². The average Bonchev–Trinajstić information content (AvgIpc) is 3.19. The van der Waals surface area contributed by atoms with E-state index in [0.29, 0.717) is 25.6 Å². The van der Waals surface area contributed by atoms with Crippen molar-refractivity contribution in [1.29, 1.82) is 0 Å². The summed E-state index contributed by atoms with van der Waals surface area (Å²) in [6.07, 6.45) is 6.91. The number of aromatic nitrogens is 2. The molecule has 164 valence electrons. The summed E-state index contributed by atoms with van der Waals surface area (Å²) in [7, 11) is 0. The van der Waals surface area contributed by atoms with Crippen LogP contribution in [0, 0.1) is 0 Å². The molecule has 1 aromatic heterocycles. The Bertz CT molecular complexity index is 792. The zero-order chi connectivity index (χ0) is 21.6. The lowest BCUT2D eigenvalue weighted by molar-refractivity contribution is -0.120. The first-order valence-electron chi connectivity index (χ1n) is 11.0. The van der Waals surface area contributed by atoms with Crippen LogP contribution in [0.5, 0.6) is 0 Å². The number of hydrogen-bond acceptors (Lipinski definition) is 5. The minimum Gasteiger partial charge on any atom is -0.383 e. The van der Waals surface area contributed by atoms with Crippen molar-refractivity contribution < 1.29 is 4.79 Å². The van der Waals surface area contributed by atoms with Crippen molar-refractivity contribution in [3.05, 3.63) is 20.8 Å². The quantitative estimate of drug-likeness (QED) is 0.619. The topological polar surface area (TPSA) is 104 Å². The summed E-state index contributed by atoms with van der Waals surface area (Å²) in [5.74, 6) is -0.0695. The van der Waals surface area contributed by atoms with E-state index in [1.807, 2.05) is 13.8 Å². The Labute approximate surface area is 173 Å². The van der Waals surface area contributed by atoms with Gasteiger partial charge in [-0.1, -0.05) is 33.1 Å². The maximum atomic E-state index is 13.4. The fourth-order valence-corrected chi connectivity index (χ4v) is 4.17. The van der Waals surface area contributed by atoms with Crippen LogP contribution < -0.4 is 21.9 Å². The van der Waals surface area contributed by atoms with E-state index in [-0.39, 0.29) is 30.0 Å². The highest BCUT2D eigenvalue weighted by Gasteiger charge is 2.30. The molecule has 1 amide bonds. The van der Waals surface area contributed by atoms with Crippen molar-refractivity contribution in [2.24, 2.45) is 0 Å². The highest BCUT2D eigenvalue weighted by atomic mass is 16.2. The van der Waals surface area contributed by atoms with Gasteiger partial charge in [-0.15, -0.1) is 0 Å². The van der Waals surface area contributed by atoms with Crippen LogP contribution in [0.2, 0.25) is 0 Å². The van der Waals surface area contributed by atoms with E-state index in [1.165, 1.54) is 22.3 Å². The van der Waals surface area contributed by atoms with E-state index in [1.54, 1.807) is 0 Å². The van der Waals surface area contributed by atoms with Crippen LogP contribution in [0.1, 0.15) is 72.6 Å². The number of H-pyrrole nitrogens is 1. The monoisotopic (exact) mass is 407 g/mol. The minimum atomic E-state index is -0.596. The molecule has 0 aliphatic heterocycles. The summed E-state index contributed by atoms with van der Waals surface area (Å²) in [6, 6.07) is 0.636. The summed E-state index contributed by atoms with van der Waals surface area (Å²) >= 11 is 0. The Morgan fingerprint density at radius 3 is 2.41 bits per heavy atom. The Hall–Kier alpha value is -2.09. The van der Waals surface area contributed by atoms with Gasteiger partial charge in [0, 0.05) is 25.2 Å². The molecule has 0 saturated heterocycles. The van der Waals surface area contributed by atoms with Gasteiger partial charge in [0.1, 0.15) is 5.82 Å². The standard InChI is InChI=1S/C21H37N5O3/c1-5-7-13-24(17(27)14-26(15(3)4)16-10-8-9-11-16)18-19(22)25(12-6-2)21(29)23-20(18)28/h15-16H,5-14,22H2,1-4H3,(H,23,28,29). The Morgan fingerprint density at radius 1 is 1.21 bits per heavy atom. The summed E-state index contributed by atoms with van der Waals surface area (Å²) in [6.45, 7) is 9.22. The molecule has 1 heterocycles. The first-order chi connectivity index (χ1) is 13.8. The van der Waals surface area contributed by atoms with E-state index >= 15 is 0 Å². The number of carbonyl (C=O) groups is 1. The zero-order valence-corrected chi connectivity index (χ0v) is 18.4. The fourth-order valence-electron chi connectivity index (χ4n) is 4.17. The summed E-state index contributed by atoms with van der Waals surface area (Å²) in [5.41, 5.74) is 5.21. The molecular weight excluding hydrogens is 370 g/mol. The molecule has 0 radical (unpaired) electrons. The van der Waals surface area contributed by atoms with Gasteiger partial charge in [-0.2, -0.15) is 0 Å². The molecule has 0 spiro atoms. The molecule has 1 aliphatic carbocycles. The van der Waals surface area contributed by atoms with Crippen LogP contribution >= 0.6 is 0 Å². The Morgan fingerprint density at radius 2 is 1.86 bits per heavy atom. The molecule has 3 N–H and O–H groups in total. The number of hydrogen-bond donors (Lipinski definition) is 2. The van der Waals surface area contributed by atoms with Crippen molar-refractivity contribution in [3.63, 3.8) is 0 Å². The second kappa shape index (κ2) is 10.6. The number of nitrogen functional groups attached to an aromatic ring is 1. The zero-order valence-electron chi connectivity index (χ0n) is 18.4. The molecule has 8 nitrogen and oxygen atoms in total. The van der Waals surface area contributed by atoms with E-state index in [2.05, 4.69) is 23.7 Å². The number of nitrogens with zero attached hydrogens (tertiary/aromatic N) is 3. The number of aromatic amines is 1. The van der Waals surface area contributed by atoms with Gasteiger partial charge in [0.25, 0.3) is 5.56 Å². The molecule has 1 aromatic rings. The van der Waals surface area contributed by atoms with Gasteiger partial charge in [-0.25, -0.2) is 4.79 Å². The maximum Gasteiger partial charge on any atom is 0.330 e. The summed E-state index contributed by atoms with van der Waals surface area (Å²) in [4.78, 5) is 44.3. The van der Waals surface area contributed by atoms with Gasteiger partial charge < -0.3 is 10.6 Å². The lowest BCUT2D eigenvalue weighted by Gasteiger charge is -2.34. The second-order valence-corrected chi connectivity index (χ2v) is 8.25. The van der Waals surface area contributed by atoms with Crippen LogP contribution in [0.25, 0.3) is 0 Å². The van der Waals surface area contributed by atoms with Crippen molar-refractivity contribution in [2.75, 3.05) is 23.7 Å². The van der Waals surface area contributed by atoms with Crippen molar-refractivity contribution in [2.45, 2.75) is 91.3 Å². The van der Waals surface area contributed by atoms with Crippen molar-refractivity contribution >= 4 is 17.4 Å². The Kier molecular flexibility index (Phi) is 8.49. The first-order valence-corrected chi connectivity index (χ1v) is 11.0. The highest BCUT2D eigenvalue weighted by Crippen LogP contribution is 2.26. The number of carbonyl (C=O) groups excluding carboxylic acids is 1.